The number of rotatable bonds is 6. The lowest BCUT2D eigenvalue weighted by atomic mass is 9.77. The van der Waals surface area contributed by atoms with Crippen LogP contribution in [0.1, 0.15) is 86.5 Å². The first kappa shape index (κ1) is 24.0. The second-order valence-electron chi connectivity index (χ2n) is 7.54. The monoisotopic (exact) mass is 336 g/mol. The van der Waals surface area contributed by atoms with E-state index in [0.717, 1.165) is 43.9 Å². The van der Waals surface area contributed by atoms with Crippen LogP contribution in [0.3, 0.4) is 0 Å². The quantitative estimate of drug-likeness (QED) is 0.602. The highest BCUT2D eigenvalue weighted by Gasteiger charge is 2.22. The van der Waals surface area contributed by atoms with Crippen molar-refractivity contribution in [3.8, 4) is 0 Å². The van der Waals surface area contributed by atoms with Gasteiger partial charge in [-0.1, -0.05) is 67.2 Å². The average Bonchev–Trinajstić information content (AvgIpc) is 2.61. The molecular formula is C21H45BN2. The third-order valence-electron chi connectivity index (χ3n) is 5.26. The zero-order valence-corrected chi connectivity index (χ0v) is 17.7. The van der Waals surface area contributed by atoms with Gasteiger partial charge in [-0.15, -0.1) is 0 Å². The summed E-state index contributed by atoms with van der Waals surface area (Å²) in [7, 11) is 5.80. The Kier molecular flexibility index (Phi) is 15.2. The second kappa shape index (κ2) is 15.3. The lowest BCUT2D eigenvalue weighted by molar-refractivity contribution is 0.177. The van der Waals surface area contributed by atoms with Crippen LogP contribution in [-0.2, 0) is 0 Å². The molecule has 1 saturated carbocycles. The van der Waals surface area contributed by atoms with Crippen LogP contribution in [-0.4, -0.2) is 50.4 Å². The Morgan fingerprint density at radius 3 is 1.83 bits per heavy atom. The van der Waals surface area contributed by atoms with E-state index in [1.807, 2.05) is 32.5 Å². The molecule has 142 valence electrons. The molecule has 24 heavy (non-hydrogen) atoms. The fourth-order valence-corrected chi connectivity index (χ4v) is 4.01. The van der Waals surface area contributed by atoms with Crippen LogP contribution >= 0.6 is 0 Å². The highest BCUT2D eigenvalue weighted by atomic mass is 15.2. The van der Waals surface area contributed by atoms with Gasteiger partial charge in [0, 0.05) is 13.1 Å². The van der Waals surface area contributed by atoms with Gasteiger partial charge in [0.15, 0.2) is 7.98 Å². The standard InChI is InChI=1S/C17H33BN2.2C2H6/c1-15(2)14-17-7-5-16(6-8-17)4-3-9-19-10-12-20(18)13-11-19;2*1-2/h15-17H,3-14H2,1-2H3;2*1-2H3. The van der Waals surface area contributed by atoms with Crippen molar-refractivity contribution in [3.63, 3.8) is 0 Å². The zero-order valence-electron chi connectivity index (χ0n) is 17.7. The molecule has 3 heteroatoms. The smallest absolute Gasteiger partial charge is 0.182 e. The SMILES string of the molecule is CC.CC.[B]N1CCN(CCCC2CCC(CC(C)C)CC2)CC1. The predicted molar refractivity (Wildman–Crippen MR) is 111 cm³/mol. The molecule has 0 aromatic carbocycles. The van der Waals surface area contributed by atoms with E-state index >= 15 is 0 Å². The van der Waals surface area contributed by atoms with E-state index in [1.165, 1.54) is 51.5 Å². The van der Waals surface area contributed by atoms with E-state index < -0.39 is 0 Å². The molecule has 0 atom stereocenters. The topological polar surface area (TPSA) is 6.48 Å². The minimum absolute atomic E-state index is 0.887. The first-order valence-corrected chi connectivity index (χ1v) is 10.9. The van der Waals surface area contributed by atoms with Crippen LogP contribution in [0.5, 0.6) is 0 Å². The summed E-state index contributed by atoms with van der Waals surface area (Å²) in [6, 6.07) is 0. The maximum absolute atomic E-state index is 5.80. The molecule has 1 saturated heterocycles. The normalized spacial score (nSPS) is 25.5. The lowest BCUT2D eigenvalue weighted by Gasteiger charge is -2.34. The fourth-order valence-electron chi connectivity index (χ4n) is 4.01. The second-order valence-corrected chi connectivity index (χ2v) is 7.54. The largest absolute Gasteiger partial charge is 0.351 e. The van der Waals surface area contributed by atoms with Crippen molar-refractivity contribution in [3.05, 3.63) is 0 Å². The van der Waals surface area contributed by atoms with Gasteiger partial charge in [-0.05, 0) is 56.7 Å². The van der Waals surface area contributed by atoms with Gasteiger partial charge in [0.1, 0.15) is 0 Å². The Balaban J connectivity index is 0.00000123. The third kappa shape index (κ3) is 10.8. The molecule has 0 unspecified atom stereocenters. The maximum atomic E-state index is 5.80. The molecule has 0 spiro atoms. The summed E-state index contributed by atoms with van der Waals surface area (Å²) in [4.78, 5) is 4.54. The molecule has 0 N–H and O–H groups in total. The van der Waals surface area contributed by atoms with Crippen LogP contribution < -0.4 is 0 Å². The highest BCUT2D eigenvalue weighted by molar-refractivity contribution is 6.04. The van der Waals surface area contributed by atoms with Crippen LogP contribution in [0.4, 0.5) is 0 Å². The average molecular weight is 336 g/mol. The molecule has 0 aromatic rings. The van der Waals surface area contributed by atoms with Crippen molar-refractivity contribution in [2.75, 3.05) is 32.7 Å². The van der Waals surface area contributed by atoms with E-state index in [9.17, 15) is 0 Å². The number of hydrogen-bond donors (Lipinski definition) is 0. The van der Waals surface area contributed by atoms with Gasteiger partial charge < -0.3 is 9.71 Å². The number of piperazine rings is 1. The molecule has 1 aliphatic heterocycles. The third-order valence-corrected chi connectivity index (χ3v) is 5.26. The van der Waals surface area contributed by atoms with Gasteiger partial charge in [0.2, 0.25) is 0 Å². The van der Waals surface area contributed by atoms with Gasteiger partial charge in [0.25, 0.3) is 0 Å². The number of nitrogens with zero attached hydrogens (tertiary/aromatic N) is 2. The van der Waals surface area contributed by atoms with E-state index in [0.29, 0.717) is 0 Å². The van der Waals surface area contributed by atoms with Crippen LogP contribution in [0.2, 0.25) is 0 Å². The predicted octanol–water partition coefficient (Wildman–Crippen LogP) is 5.37. The van der Waals surface area contributed by atoms with Crippen molar-refractivity contribution in [1.82, 2.24) is 9.71 Å². The summed E-state index contributed by atoms with van der Waals surface area (Å²) in [5, 5.41) is 0. The molecule has 2 nitrogen and oxygen atoms in total. The van der Waals surface area contributed by atoms with Gasteiger partial charge in [-0.25, -0.2) is 0 Å². The van der Waals surface area contributed by atoms with Crippen LogP contribution in [0.25, 0.3) is 0 Å². The molecule has 1 heterocycles. The summed E-state index contributed by atoms with van der Waals surface area (Å²) in [5.74, 6) is 2.94. The van der Waals surface area contributed by atoms with Gasteiger partial charge in [0.05, 0.1) is 0 Å². The maximum Gasteiger partial charge on any atom is 0.182 e. The van der Waals surface area contributed by atoms with E-state index in [-0.39, 0.29) is 0 Å². The summed E-state index contributed by atoms with van der Waals surface area (Å²) >= 11 is 0. The van der Waals surface area contributed by atoms with Crippen molar-refractivity contribution in [1.29, 1.82) is 0 Å². The molecule has 2 aliphatic rings. The molecule has 0 aromatic heterocycles. The first-order chi connectivity index (χ1) is 11.6. The summed E-state index contributed by atoms with van der Waals surface area (Å²) in [5.41, 5.74) is 0. The Bertz CT molecular complexity index is 255. The van der Waals surface area contributed by atoms with Crippen molar-refractivity contribution in [2.24, 2.45) is 17.8 Å². The Morgan fingerprint density at radius 1 is 0.833 bits per heavy atom. The van der Waals surface area contributed by atoms with E-state index in [4.69, 9.17) is 7.98 Å². The zero-order chi connectivity index (χ0) is 18.4. The lowest BCUT2D eigenvalue weighted by Crippen LogP contribution is -2.45. The van der Waals surface area contributed by atoms with Crippen LogP contribution in [0.15, 0.2) is 0 Å². The highest BCUT2D eigenvalue weighted by Crippen LogP contribution is 2.34. The molecule has 1 aliphatic carbocycles. The van der Waals surface area contributed by atoms with Gasteiger partial charge >= 0.3 is 0 Å². The minimum Gasteiger partial charge on any atom is -0.351 e. The molecule has 2 radical (unpaired) electrons. The summed E-state index contributed by atoms with van der Waals surface area (Å²) in [6.07, 6.45) is 10.3. The van der Waals surface area contributed by atoms with Crippen molar-refractivity contribution >= 4 is 7.98 Å². The van der Waals surface area contributed by atoms with Crippen molar-refractivity contribution < 1.29 is 0 Å². The first-order valence-electron chi connectivity index (χ1n) is 10.9. The fraction of sp³-hybridized carbons (Fsp3) is 1.00. The minimum atomic E-state index is 0.887. The van der Waals surface area contributed by atoms with E-state index in [2.05, 4.69) is 18.7 Å². The molecular weight excluding hydrogens is 291 g/mol. The summed E-state index contributed by atoms with van der Waals surface area (Å²) in [6.45, 7) is 18.4. The van der Waals surface area contributed by atoms with Crippen molar-refractivity contribution in [2.45, 2.75) is 86.5 Å². The molecule has 2 rings (SSSR count). The molecule has 0 bridgehead atoms. The Hall–Kier alpha value is -0.0151. The van der Waals surface area contributed by atoms with Crippen LogP contribution in [0, 0.1) is 17.8 Å². The van der Waals surface area contributed by atoms with E-state index in [1.54, 1.807) is 0 Å². The van der Waals surface area contributed by atoms with Gasteiger partial charge in [-0.2, -0.15) is 0 Å². The number of hydrogen-bond acceptors (Lipinski definition) is 2. The Morgan fingerprint density at radius 2 is 1.33 bits per heavy atom. The Labute approximate surface area is 155 Å². The van der Waals surface area contributed by atoms with Gasteiger partial charge in [-0.3, -0.25) is 0 Å². The molecule has 0 amide bonds. The molecule has 2 fully saturated rings. The summed E-state index contributed by atoms with van der Waals surface area (Å²) < 4.78 is 0.